The summed E-state index contributed by atoms with van der Waals surface area (Å²) in [6, 6.07) is 0. The third-order valence-electron chi connectivity index (χ3n) is 4.70. The van der Waals surface area contributed by atoms with Crippen LogP contribution in [-0.2, 0) is 33.2 Å². The highest BCUT2D eigenvalue weighted by Gasteiger charge is 2.55. The summed E-state index contributed by atoms with van der Waals surface area (Å²) in [6.45, 7) is 8.65. The molecule has 2 heterocycles. The summed E-state index contributed by atoms with van der Waals surface area (Å²) in [5.41, 5.74) is -0.640. The second kappa shape index (κ2) is 9.34. The Morgan fingerprint density at radius 2 is 1.82 bits per heavy atom. The first kappa shape index (κ1) is 23.5. The molecule has 0 aromatic heterocycles. The van der Waals surface area contributed by atoms with Gasteiger partial charge in [-0.1, -0.05) is 0 Å². The van der Waals surface area contributed by atoms with E-state index in [2.05, 4.69) is 0 Å². The topological polar surface area (TPSA) is 113 Å². The highest BCUT2D eigenvalue weighted by molar-refractivity contribution is 5.75. The average Bonchev–Trinajstić information content (AvgIpc) is 3.06. The van der Waals surface area contributed by atoms with Gasteiger partial charge in [-0.3, -0.25) is 4.79 Å². The van der Waals surface area contributed by atoms with E-state index >= 15 is 0 Å². The molecule has 0 aliphatic carbocycles. The van der Waals surface area contributed by atoms with Crippen LogP contribution in [0.4, 0.5) is 0 Å². The Labute approximate surface area is 166 Å². The summed E-state index contributed by atoms with van der Waals surface area (Å²) in [6.07, 6.45) is -3.98. The lowest BCUT2D eigenvalue weighted by atomic mass is 9.97. The Kier molecular flexibility index (Phi) is 7.83. The molecule has 2 saturated heterocycles. The largest absolute Gasteiger partial charge is 0.462 e. The number of hydrogen-bond acceptors (Lipinski definition) is 9. The van der Waals surface area contributed by atoms with Crippen molar-refractivity contribution >= 4 is 5.97 Å². The fourth-order valence-corrected chi connectivity index (χ4v) is 3.40. The molecular formula is C19H34O9. The van der Waals surface area contributed by atoms with Gasteiger partial charge >= 0.3 is 5.97 Å². The number of methoxy groups -OCH3 is 1. The van der Waals surface area contributed by atoms with Crippen LogP contribution in [-0.4, -0.2) is 85.7 Å². The zero-order chi connectivity index (χ0) is 21.1. The second-order valence-electron chi connectivity index (χ2n) is 8.67. The summed E-state index contributed by atoms with van der Waals surface area (Å²) >= 11 is 0. The van der Waals surface area contributed by atoms with Crippen molar-refractivity contribution in [1.82, 2.24) is 0 Å². The van der Waals surface area contributed by atoms with Crippen LogP contribution in [0.3, 0.4) is 0 Å². The molecule has 0 aromatic rings. The van der Waals surface area contributed by atoms with E-state index in [4.69, 9.17) is 28.4 Å². The van der Waals surface area contributed by atoms with E-state index in [9.17, 15) is 15.0 Å². The van der Waals surface area contributed by atoms with Crippen molar-refractivity contribution in [2.45, 2.75) is 83.5 Å². The number of hydrogen-bond donors (Lipinski definition) is 2. The first-order valence-corrected chi connectivity index (χ1v) is 9.58. The Hall–Kier alpha value is -0.810. The highest BCUT2D eigenvalue weighted by atomic mass is 16.8. The molecule has 2 N–H and O–H groups in total. The van der Waals surface area contributed by atoms with Crippen LogP contribution in [0.15, 0.2) is 0 Å². The third kappa shape index (κ3) is 5.63. The first-order valence-electron chi connectivity index (χ1n) is 9.58. The Morgan fingerprint density at radius 1 is 1.14 bits per heavy atom. The Bertz CT molecular complexity index is 516. The average molecular weight is 406 g/mol. The van der Waals surface area contributed by atoms with Gasteiger partial charge in [0.25, 0.3) is 0 Å². The standard InChI is InChI=1S/C19H34O9/c1-18(2,3)17(22)24-9-12-15(28-19(4,5)27-12)16-13(21)14(25-10-23-6)11(26-16)7-8-20/h11-16,20-21H,7-10H2,1-6H3/t11-,12+,13+,14+,15+,16-/m1/s1. The number of esters is 1. The minimum atomic E-state index is -1.02. The normalized spacial score (nSPS) is 35.3. The molecule has 164 valence electrons. The highest BCUT2D eigenvalue weighted by Crippen LogP contribution is 2.37. The lowest BCUT2D eigenvalue weighted by molar-refractivity contribution is -0.169. The van der Waals surface area contributed by atoms with Gasteiger partial charge in [-0.25, -0.2) is 0 Å². The molecule has 0 spiro atoms. The maximum atomic E-state index is 12.1. The van der Waals surface area contributed by atoms with Gasteiger partial charge in [0.2, 0.25) is 0 Å². The van der Waals surface area contributed by atoms with Gasteiger partial charge in [0.15, 0.2) is 5.79 Å². The zero-order valence-corrected chi connectivity index (χ0v) is 17.5. The summed E-state index contributed by atoms with van der Waals surface area (Å²) in [5, 5.41) is 20.1. The molecule has 0 unspecified atom stereocenters. The molecule has 0 radical (unpaired) electrons. The number of rotatable bonds is 8. The number of carbonyl (C=O) groups is 1. The molecule has 0 bridgehead atoms. The molecule has 0 saturated carbocycles. The summed E-state index contributed by atoms with van der Waals surface area (Å²) in [7, 11) is 1.48. The van der Waals surface area contributed by atoms with E-state index in [-0.39, 0.29) is 26.0 Å². The van der Waals surface area contributed by atoms with E-state index < -0.39 is 47.8 Å². The Balaban J connectivity index is 2.11. The van der Waals surface area contributed by atoms with Gasteiger partial charge in [0.05, 0.1) is 11.5 Å². The number of carbonyl (C=O) groups excluding carboxylic acids is 1. The van der Waals surface area contributed by atoms with Crippen molar-refractivity contribution in [2.75, 3.05) is 27.1 Å². The second-order valence-corrected chi connectivity index (χ2v) is 8.67. The molecular weight excluding hydrogens is 372 g/mol. The summed E-state index contributed by atoms with van der Waals surface area (Å²) < 4.78 is 33.7. The zero-order valence-electron chi connectivity index (χ0n) is 17.5. The molecule has 28 heavy (non-hydrogen) atoms. The van der Waals surface area contributed by atoms with Crippen molar-refractivity contribution in [3.05, 3.63) is 0 Å². The van der Waals surface area contributed by atoms with E-state index in [0.717, 1.165) is 0 Å². The monoisotopic (exact) mass is 406 g/mol. The molecule has 9 nitrogen and oxygen atoms in total. The maximum absolute atomic E-state index is 12.1. The third-order valence-corrected chi connectivity index (χ3v) is 4.70. The van der Waals surface area contributed by atoms with Crippen molar-refractivity contribution < 1.29 is 43.4 Å². The van der Waals surface area contributed by atoms with Gasteiger partial charge < -0.3 is 38.6 Å². The molecule has 2 rings (SSSR count). The summed E-state index contributed by atoms with van der Waals surface area (Å²) in [4.78, 5) is 12.1. The van der Waals surface area contributed by atoms with Crippen LogP contribution in [0.25, 0.3) is 0 Å². The van der Waals surface area contributed by atoms with Gasteiger partial charge in [-0.05, 0) is 41.0 Å². The first-order chi connectivity index (χ1) is 13.0. The van der Waals surface area contributed by atoms with Crippen molar-refractivity contribution in [3.63, 3.8) is 0 Å². The SMILES string of the molecule is COCO[C@@H]1[C@H](O)[C@H]([C@H]2OC(C)(C)O[C@H]2COC(=O)C(C)(C)C)O[C@@H]1CCO. The Morgan fingerprint density at radius 3 is 2.39 bits per heavy atom. The van der Waals surface area contributed by atoms with Crippen LogP contribution < -0.4 is 0 Å². The van der Waals surface area contributed by atoms with Gasteiger partial charge in [-0.2, -0.15) is 0 Å². The van der Waals surface area contributed by atoms with Gasteiger partial charge in [0.1, 0.15) is 43.9 Å². The van der Waals surface area contributed by atoms with E-state index in [1.807, 2.05) is 0 Å². The molecule has 6 atom stereocenters. The predicted octanol–water partition coefficient (Wildman–Crippen LogP) is 0.596. The number of aliphatic hydroxyl groups is 2. The van der Waals surface area contributed by atoms with Crippen LogP contribution in [0.5, 0.6) is 0 Å². The fraction of sp³-hybridized carbons (Fsp3) is 0.947. The molecule has 0 aromatic carbocycles. The molecule has 2 aliphatic heterocycles. The quantitative estimate of drug-likeness (QED) is 0.442. The molecule has 2 aliphatic rings. The van der Waals surface area contributed by atoms with Gasteiger partial charge in [0, 0.05) is 13.7 Å². The molecule has 0 amide bonds. The van der Waals surface area contributed by atoms with E-state index in [0.29, 0.717) is 6.42 Å². The summed E-state index contributed by atoms with van der Waals surface area (Å²) in [5.74, 6) is -1.28. The lowest BCUT2D eigenvalue weighted by Crippen LogP contribution is -2.46. The maximum Gasteiger partial charge on any atom is 0.311 e. The van der Waals surface area contributed by atoms with Crippen LogP contribution in [0.1, 0.15) is 41.0 Å². The fourth-order valence-electron chi connectivity index (χ4n) is 3.40. The van der Waals surface area contributed by atoms with E-state index in [1.54, 1.807) is 34.6 Å². The number of ether oxygens (including phenoxy) is 6. The lowest BCUT2D eigenvalue weighted by Gasteiger charge is -2.26. The predicted molar refractivity (Wildman–Crippen MR) is 97.4 cm³/mol. The number of aliphatic hydroxyl groups excluding tert-OH is 2. The van der Waals surface area contributed by atoms with Crippen molar-refractivity contribution in [1.29, 1.82) is 0 Å². The minimum Gasteiger partial charge on any atom is -0.462 e. The van der Waals surface area contributed by atoms with Crippen LogP contribution in [0, 0.1) is 5.41 Å². The van der Waals surface area contributed by atoms with Gasteiger partial charge in [-0.15, -0.1) is 0 Å². The van der Waals surface area contributed by atoms with Crippen LogP contribution >= 0.6 is 0 Å². The molecule has 9 heteroatoms. The van der Waals surface area contributed by atoms with Crippen molar-refractivity contribution in [2.24, 2.45) is 5.41 Å². The minimum absolute atomic E-state index is 0.0140. The molecule has 2 fully saturated rings. The van der Waals surface area contributed by atoms with Crippen LogP contribution in [0.2, 0.25) is 0 Å². The van der Waals surface area contributed by atoms with Crippen molar-refractivity contribution in [3.8, 4) is 0 Å². The van der Waals surface area contributed by atoms with E-state index in [1.165, 1.54) is 7.11 Å². The smallest absolute Gasteiger partial charge is 0.311 e.